The van der Waals surface area contributed by atoms with Gasteiger partial charge in [0.1, 0.15) is 0 Å². The molecule has 0 radical (unpaired) electrons. The Hall–Kier alpha value is -2.02. The van der Waals surface area contributed by atoms with Gasteiger partial charge in [0.05, 0.1) is 25.6 Å². The van der Waals surface area contributed by atoms with Crippen molar-refractivity contribution in [3.8, 4) is 0 Å². The summed E-state index contributed by atoms with van der Waals surface area (Å²) in [6.07, 6.45) is -0.767. The third-order valence-corrected chi connectivity index (χ3v) is 3.23. The molecule has 0 saturated carbocycles. The Morgan fingerprint density at radius 2 is 2.10 bits per heavy atom. The smallest absolute Gasteiger partial charge is 0.306 e. The van der Waals surface area contributed by atoms with Crippen molar-refractivity contribution in [1.82, 2.24) is 4.90 Å². The second-order valence-electron chi connectivity index (χ2n) is 4.86. The number of rotatable bonds is 4. The van der Waals surface area contributed by atoms with E-state index < -0.39 is 23.7 Å². The number of benzene rings is 1. The maximum absolute atomic E-state index is 13.1. The third kappa shape index (κ3) is 4.22. The standard InChI is InChI=1S/C14H15F2NO4/c15-11-2-1-9(5-12(11)16)6-13(18)17-3-4-21-10(8-17)7-14(19)20/h1-2,5,10H,3-4,6-8H2,(H,19,20). The second-order valence-corrected chi connectivity index (χ2v) is 4.86. The highest BCUT2D eigenvalue weighted by molar-refractivity contribution is 5.79. The van der Waals surface area contributed by atoms with Crippen LogP contribution in [0, 0.1) is 11.6 Å². The summed E-state index contributed by atoms with van der Waals surface area (Å²) in [5.74, 6) is -3.21. The highest BCUT2D eigenvalue weighted by Gasteiger charge is 2.25. The van der Waals surface area contributed by atoms with Gasteiger partial charge in [0, 0.05) is 13.1 Å². The molecular formula is C14H15F2NO4. The molecule has 1 aliphatic rings. The first kappa shape index (κ1) is 15.4. The van der Waals surface area contributed by atoms with Crippen LogP contribution in [0.15, 0.2) is 18.2 Å². The number of morpholine rings is 1. The fraction of sp³-hybridized carbons (Fsp3) is 0.429. The second kappa shape index (κ2) is 6.62. The number of carbonyl (C=O) groups is 2. The lowest BCUT2D eigenvalue weighted by Crippen LogP contribution is -2.46. The molecule has 2 rings (SSSR count). The SMILES string of the molecule is O=C(O)CC1CN(C(=O)Cc2ccc(F)c(F)c2)CCO1. The zero-order chi connectivity index (χ0) is 15.4. The van der Waals surface area contributed by atoms with Gasteiger partial charge in [0.2, 0.25) is 5.91 Å². The number of carboxylic acids is 1. The number of nitrogens with zero attached hydrogens (tertiary/aromatic N) is 1. The molecule has 5 nitrogen and oxygen atoms in total. The molecule has 0 aliphatic carbocycles. The Kier molecular flexibility index (Phi) is 4.85. The predicted molar refractivity (Wildman–Crippen MR) is 68.6 cm³/mol. The predicted octanol–water partition coefficient (Wildman–Crippen LogP) is 1.21. The molecule has 1 saturated heterocycles. The minimum Gasteiger partial charge on any atom is -0.481 e. The number of carboxylic acid groups (broad SMARTS) is 1. The molecule has 1 amide bonds. The summed E-state index contributed by atoms with van der Waals surface area (Å²) < 4.78 is 31.2. The van der Waals surface area contributed by atoms with E-state index >= 15 is 0 Å². The van der Waals surface area contributed by atoms with Crippen molar-refractivity contribution in [2.24, 2.45) is 0 Å². The molecule has 1 heterocycles. The summed E-state index contributed by atoms with van der Waals surface area (Å²) in [6, 6.07) is 3.32. The first-order valence-corrected chi connectivity index (χ1v) is 6.51. The van der Waals surface area contributed by atoms with Gasteiger partial charge >= 0.3 is 5.97 Å². The van der Waals surface area contributed by atoms with Crippen LogP contribution in [0.4, 0.5) is 8.78 Å². The molecular weight excluding hydrogens is 284 g/mol. The fourth-order valence-corrected chi connectivity index (χ4v) is 2.20. The quantitative estimate of drug-likeness (QED) is 0.907. The highest BCUT2D eigenvalue weighted by atomic mass is 19.2. The molecule has 0 spiro atoms. The zero-order valence-corrected chi connectivity index (χ0v) is 11.2. The van der Waals surface area contributed by atoms with E-state index in [1.807, 2.05) is 0 Å². The number of halogens is 2. The summed E-state index contributed by atoms with van der Waals surface area (Å²) >= 11 is 0. The van der Waals surface area contributed by atoms with Gasteiger partial charge in [0.25, 0.3) is 0 Å². The van der Waals surface area contributed by atoms with E-state index in [9.17, 15) is 18.4 Å². The van der Waals surface area contributed by atoms with Crippen molar-refractivity contribution in [3.05, 3.63) is 35.4 Å². The average molecular weight is 299 g/mol. The summed E-state index contributed by atoms with van der Waals surface area (Å²) in [7, 11) is 0. The van der Waals surface area contributed by atoms with E-state index in [-0.39, 0.29) is 31.9 Å². The summed E-state index contributed by atoms with van der Waals surface area (Å²) in [5.41, 5.74) is 0.375. The lowest BCUT2D eigenvalue weighted by atomic mass is 10.1. The topological polar surface area (TPSA) is 66.8 Å². The van der Waals surface area contributed by atoms with Gasteiger partial charge in [-0.3, -0.25) is 9.59 Å². The highest BCUT2D eigenvalue weighted by Crippen LogP contribution is 2.13. The van der Waals surface area contributed by atoms with E-state index in [0.29, 0.717) is 12.1 Å². The summed E-state index contributed by atoms with van der Waals surface area (Å²) in [4.78, 5) is 24.2. The first-order valence-electron chi connectivity index (χ1n) is 6.51. The van der Waals surface area contributed by atoms with Gasteiger partial charge in [-0.1, -0.05) is 6.07 Å². The van der Waals surface area contributed by atoms with E-state index in [0.717, 1.165) is 12.1 Å². The van der Waals surface area contributed by atoms with Crippen LogP contribution in [0.1, 0.15) is 12.0 Å². The molecule has 7 heteroatoms. The summed E-state index contributed by atoms with van der Waals surface area (Å²) in [5, 5.41) is 8.72. The first-order chi connectivity index (χ1) is 9.95. The van der Waals surface area contributed by atoms with E-state index in [1.54, 1.807) is 0 Å². The Bertz CT molecular complexity index is 550. The van der Waals surface area contributed by atoms with E-state index in [4.69, 9.17) is 9.84 Å². The Morgan fingerprint density at radius 1 is 1.33 bits per heavy atom. The van der Waals surface area contributed by atoms with Gasteiger partial charge < -0.3 is 14.7 Å². The number of hydrogen-bond donors (Lipinski definition) is 1. The number of amides is 1. The van der Waals surface area contributed by atoms with Crippen molar-refractivity contribution in [2.45, 2.75) is 18.9 Å². The third-order valence-electron chi connectivity index (χ3n) is 3.23. The average Bonchev–Trinajstić information content (AvgIpc) is 2.42. The van der Waals surface area contributed by atoms with E-state index in [2.05, 4.69) is 0 Å². The lowest BCUT2D eigenvalue weighted by Gasteiger charge is -2.32. The van der Waals surface area contributed by atoms with Crippen LogP contribution in [-0.2, 0) is 20.7 Å². The Balaban J connectivity index is 1.96. The van der Waals surface area contributed by atoms with Crippen LogP contribution >= 0.6 is 0 Å². The lowest BCUT2D eigenvalue weighted by molar-refractivity contribution is -0.147. The molecule has 1 aromatic carbocycles. The maximum Gasteiger partial charge on any atom is 0.306 e. The van der Waals surface area contributed by atoms with Crippen molar-refractivity contribution in [2.75, 3.05) is 19.7 Å². The molecule has 0 bridgehead atoms. The van der Waals surface area contributed by atoms with Crippen LogP contribution in [-0.4, -0.2) is 47.7 Å². The van der Waals surface area contributed by atoms with Gasteiger partial charge in [0.15, 0.2) is 11.6 Å². The van der Waals surface area contributed by atoms with E-state index in [1.165, 1.54) is 11.0 Å². The fourth-order valence-electron chi connectivity index (χ4n) is 2.20. The normalized spacial score (nSPS) is 18.6. The molecule has 0 aromatic heterocycles. The molecule has 1 aromatic rings. The van der Waals surface area contributed by atoms with Crippen LogP contribution < -0.4 is 0 Å². The molecule has 21 heavy (non-hydrogen) atoms. The molecule has 114 valence electrons. The monoisotopic (exact) mass is 299 g/mol. The molecule has 1 atom stereocenters. The molecule has 1 unspecified atom stereocenters. The minimum atomic E-state index is -0.994. The number of hydrogen-bond acceptors (Lipinski definition) is 3. The zero-order valence-electron chi connectivity index (χ0n) is 11.2. The van der Waals surface area contributed by atoms with Crippen LogP contribution in [0.2, 0.25) is 0 Å². The molecule has 1 aliphatic heterocycles. The van der Waals surface area contributed by atoms with Crippen molar-refractivity contribution in [3.63, 3.8) is 0 Å². The summed E-state index contributed by atoms with van der Waals surface area (Å²) in [6.45, 7) is 0.814. The van der Waals surface area contributed by atoms with Crippen LogP contribution in [0.5, 0.6) is 0 Å². The van der Waals surface area contributed by atoms with Gasteiger partial charge in [-0.15, -0.1) is 0 Å². The minimum absolute atomic E-state index is 0.0585. The number of carbonyl (C=O) groups excluding carboxylic acids is 1. The number of ether oxygens (including phenoxy) is 1. The largest absolute Gasteiger partial charge is 0.481 e. The molecule has 1 fully saturated rings. The van der Waals surface area contributed by atoms with Crippen LogP contribution in [0.3, 0.4) is 0 Å². The van der Waals surface area contributed by atoms with Crippen molar-refractivity contribution >= 4 is 11.9 Å². The van der Waals surface area contributed by atoms with Crippen molar-refractivity contribution < 1.29 is 28.2 Å². The van der Waals surface area contributed by atoms with Gasteiger partial charge in [-0.05, 0) is 17.7 Å². The Morgan fingerprint density at radius 3 is 2.76 bits per heavy atom. The maximum atomic E-state index is 13.1. The number of aliphatic carboxylic acids is 1. The van der Waals surface area contributed by atoms with Crippen LogP contribution in [0.25, 0.3) is 0 Å². The van der Waals surface area contributed by atoms with Crippen molar-refractivity contribution in [1.29, 1.82) is 0 Å². The van der Waals surface area contributed by atoms with Gasteiger partial charge in [-0.25, -0.2) is 8.78 Å². The Labute approximate surface area is 120 Å². The molecule has 1 N–H and O–H groups in total. The van der Waals surface area contributed by atoms with Gasteiger partial charge in [-0.2, -0.15) is 0 Å².